The van der Waals surface area contributed by atoms with Crippen LogP contribution < -0.4 is 10.1 Å². The summed E-state index contributed by atoms with van der Waals surface area (Å²) in [5.41, 5.74) is 0.783. The second-order valence-electron chi connectivity index (χ2n) is 4.63. The summed E-state index contributed by atoms with van der Waals surface area (Å²) in [5.74, 6) is -1.01. The van der Waals surface area contributed by atoms with E-state index in [9.17, 15) is 9.59 Å². The average Bonchev–Trinajstić information content (AvgIpc) is 2.60. The third-order valence-corrected chi connectivity index (χ3v) is 3.27. The van der Waals surface area contributed by atoms with Gasteiger partial charge >= 0.3 is 5.97 Å². The number of carbonyl (C=O) groups is 2. The first-order valence-corrected chi connectivity index (χ1v) is 7.22. The van der Waals surface area contributed by atoms with Gasteiger partial charge in [0.1, 0.15) is 17.4 Å². The molecule has 0 aliphatic carbocycles. The molecule has 0 fully saturated rings. The van der Waals surface area contributed by atoms with Crippen LogP contribution in [0.4, 0.5) is 5.69 Å². The van der Waals surface area contributed by atoms with Crippen molar-refractivity contribution in [2.75, 3.05) is 19.0 Å². The second-order valence-corrected chi connectivity index (χ2v) is 5.06. The van der Waals surface area contributed by atoms with Gasteiger partial charge in [0.25, 0.3) is 5.91 Å². The number of para-hydroxylation sites is 1. The lowest BCUT2D eigenvalue weighted by atomic mass is 10.2. The van der Waals surface area contributed by atoms with E-state index in [-0.39, 0.29) is 5.56 Å². The van der Waals surface area contributed by atoms with Crippen molar-refractivity contribution in [1.29, 1.82) is 5.26 Å². The molecule has 2 aromatic carbocycles. The maximum Gasteiger partial charge on any atom is 0.342 e. The number of nitriles is 1. The van der Waals surface area contributed by atoms with Gasteiger partial charge in [-0.15, -0.1) is 0 Å². The van der Waals surface area contributed by atoms with E-state index in [1.165, 1.54) is 19.2 Å². The third-order valence-electron chi connectivity index (χ3n) is 3.04. The van der Waals surface area contributed by atoms with Crippen LogP contribution in [-0.4, -0.2) is 25.6 Å². The van der Waals surface area contributed by atoms with Crippen LogP contribution in [0.2, 0.25) is 5.02 Å². The van der Waals surface area contributed by atoms with E-state index in [2.05, 4.69) is 5.32 Å². The van der Waals surface area contributed by atoms with E-state index in [1.54, 1.807) is 30.3 Å². The Morgan fingerprint density at radius 3 is 2.71 bits per heavy atom. The van der Waals surface area contributed by atoms with Crippen molar-refractivity contribution < 1.29 is 19.1 Å². The summed E-state index contributed by atoms with van der Waals surface area (Å²) in [6, 6.07) is 13.0. The van der Waals surface area contributed by atoms with Gasteiger partial charge in [-0.3, -0.25) is 4.79 Å². The molecule has 0 unspecified atom stereocenters. The molecule has 0 heterocycles. The average molecular weight is 345 g/mol. The van der Waals surface area contributed by atoms with Gasteiger partial charge in [-0.25, -0.2) is 4.79 Å². The minimum absolute atomic E-state index is 0.121. The Kier molecular flexibility index (Phi) is 5.77. The number of amides is 1. The third kappa shape index (κ3) is 4.24. The lowest BCUT2D eigenvalue weighted by Crippen LogP contribution is -2.21. The fraction of sp³-hybridized carbons (Fsp3) is 0.118. The first-order valence-electron chi connectivity index (χ1n) is 6.84. The van der Waals surface area contributed by atoms with Gasteiger partial charge in [-0.05, 0) is 30.3 Å². The Labute approximate surface area is 143 Å². The van der Waals surface area contributed by atoms with Crippen LogP contribution in [-0.2, 0) is 9.53 Å². The van der Waals surface area contributed by atoms with Crippen LogP contribution in [0.5, 0.6) is 5.75 Å². The highest BCUT2D eigenvalue weighted by atomic mass is 35.5. The molecular weight excluding hydrogens is 332 g/mol. The quantitative estimate of drug-likeness (QED) is 0.842. The predicted molar refractivity (Wildman–Crippen MR) is 88.1 cm³/mol. The van der Waals surface area contributed by atoms with Gasteiger partial charge in [0.05, 0.1) is 18.4 Å². The standard InChI is InChI=1S/C17H13ClN2O4/c1-23-15-7-6-12(18)8-13(15)17(22)24-10-16(21)20-14-5-3-2-4-11(14)9-19/h2-8H,10H2,1H3,(H,20,21). The molecule has 2 aromatic rings. The molecule has 0 aliphatic rings. The molecule has 2 rings (SSSR count). The van der Waals surface area contributed by atoms with E-state index in [0.29, 0.717) is 22.0 Å². The first kappa shape index (κ1) is 17.3. The van der Waals surface area contributed by atoms with Gasteiger partial charge in [0, 0.05) is 5.02 Å². The van der Waals surface area contributed by atoms with Crippen LogP contribution in [0.1, 0.15) is 15.9 Å². The number of rotatable bonds is 5. The molecule has 24 heavy (non-hydrogen) atoms. The minimum Gasteiger partial charge on any atom is -0.496 e. The Balaban J connectivity index is 2.00. The van der Waals surface area contributed by atoms with Crippen LogP contribution in [0.15, 0.2) is 42.5 Å². The predicted octanol–water partition coefficient (Wildman–Crippen LogP) is 3.02. The molecule has 1 amide bonds. The summed E-state index contributed by atoms with van der Waals surface area (Å²) < 4.78 is 10.0. The SMILES string of the molecule is COc1ccc(Cl)cc1C(=O)OCC(=O)Nc1ccccc1C#N. The number of methoxy groups -OCH3 is 1. The zero-order chi connectivity index (χ0) is 17.5. The molecule has 0 aromatic heterocycles. The van der Waals surface area contributed by atoms with Crippen molar-refractivity contribution in [3.63, 3.8) is 0 Å². The number of nitrogens with zero attached hydrogens (tertiary/aromatic N) is 1. The smallest absolute Gasteiger partial charge is 0.342 e. The van der Waals surface area contributed by atoms with E-state index in [1.807, 2.05) is 6.07 Å². The van der Waals surface area contributed by atoms with E-state index in [0.717, 1.165) is 0 Å². The highest BCUT2D eigenvalue weighted by molar-refractivity contribution is 6.31. The van der Waals surface area contributed by atoms with Crippen molar-refractivity contribution in [3.05, 3.63) is 58.6 Å². The van der Waals surface area contributed by atoms with Crippen LogP contribution >= 0.6 is 11.6 Å². The summed E-state index contributed by atoms with van der Waals surface area (Å²) in [5, 5.41) is 11.8. The number of esters is 1. The van der Waals surface area contributed by atoms with Gasteiger partial charge in [0.15, 0.2) is 6.61 Å². The molecule has 7 heteroatoms. The van der Waals surface area contributed by atoms with Crippen LogP contribution in [0, 0.1) is 11.3 Å². The topological polar surface area (TPSA) is 88.4 Å². The Morgan fingerprint density at radius 2 is 2.00 bits per heavy atom. The molecule has 0 aliphatic heterocycles. The molecule has 0 radical (unpaired) electrons. The van der Waals surface area contributed by atoms with Crippen molar-refractivity contribution in [3.8, 4) is 11.8 Å². The zero-order valence-electron chi connectivity index (χ0n) is 12.7. The lowest BCUT2D eigenvalue weighted by Gasteiger charge is -2.10. The minimum atomic E-state index is -0.738. The molecular formula is C17H13ClN2O4. The van der Waals surface area contributed by atoms with Crippen molar-refractivity contribution >= 4 is 29.2 Å². The van der Waals surface area contributed by atoms with Gasteiger partial charge in [0.2, 0.25) is 0 Å². The number of carbonyl (C=O) groups excluding carboxylic acids is 2. The number of hydrogen-bond acceptors (Lipinski definition) is 5. The fourth-order valence-corrected chi connectivity index (χ4v) is 2.10. The van der Waals surface area contributed by atoms with E-state index < -0.39 is 18.5 Å². The molecule has 0 bridgehead atoms. The maximum atomic E-state index is 12.1. The number of nitrogens with one attached hydrogen (secondary N) is 1. The van der Waals surface area contributed by atoms with Crippen LogP contribution in [0.3, 0.4) is 0 Å². The number of anilines is 1. The normalized spacial score (nSPS) is 9.71. The highest BCUT2D eigenvalue weighted by Gasteiger charge is 2.16. The second kappa shape index (κ2) is 7.99. The lowest BCUT2D eigenvalue weighted by molar-refractivity contribution is -0.119. The Bertz CT molecular complexity index is 814. The Hall–Kier alpha value is -3.04. The van der Waals surface area contributed by atoms with Gasteiger partial charge in [-0.2, -0.15) is 5.26 Å². The summed E-state index contributed by atoms with van der Waals surface area (Å²) >= 11 is 5.85. The molecule has 0 atom stereocenters. The molecule has 6 nitrogen and oxygen atoms in total. The Morgan fingerprint density at radius 1 is 1.25 bits per heavy atom. The summed E-state index contributed by atoms with van der Waals surface area (Å²) in [6.07, 6.45) is 0. The zero-order valence-corrected chi connectivity index (χ0v) is 13.5. The molecule has 122 valence electrons. The summed E-state index contributed by atoms with van der Waals surface area (Å²) in [7, 11) is 1.41. The number of ether oxygens (including phenoxy) is 2. The van der Waals surface area contributed by atoms with E-state index >= 15 is 0 Å². The highest BCUT2D eigenvalue weighted by Crippen LogP contribution is 2.23. The van der Waals surface area contributed by atoms with Gasteiger partial charge in [-0.1, -0.05) is 23.7 Å². The van der Waals surface area contributed by atoms with Crippen LogP contribution in [0.25, 0.3) is 0 Å². The number of benzene rings is 2. The summed E-state index contributed by atoms with van der Waals surface area (Å²) in [4.78, 5) is 23.9. The fourth-order valence-electron chi connectivity index (χ4n) is 1.92. The van der Waals surface area contributed by atoms with Crippen molar-refractivity contribution in [2.24, 2.45) is 0 Å². The molecule has 0 saturated carbocycles. The molecule has 0 saturated heterocycles. The largest absolute Gasteiger partial charge is 0.496 e. The van der Waals surface area contributed by atoms with Crippen molar-refractivity contribution in [2.45, 2.75) is 0 Å². The monoisotopic (exact) mass is 344 g/mol. The van der Waals surface area contributed by atoms with Crippen molar-refractivity contribution in [1.82, 2.24) is 0 Å². The van der Waals surface area contributed by atoms with Gasteiger partial charge < -0.3 is 14.8 Å². The molecule has 0 spiro atoms. The van der Waals surface area contributed by atoms with E-state index in [4.69, 9.17) is 26.3 Å². The molecule has 1 N–H and O–H groups in total. The number of hydrogen-bond donors (Lipinski definition) is 1. The maximum absolute atomic E-state index is 12.1. The number of halogens is 1. The first-order chi connectivity index (χ1) is 11.5. The summed E-state index contributed by atoms with van der Waals surface area (Å²) in [6.45, 7) is -0.506.